The molecule has 40 heavy (non-hydrogen) atoms. The smallest absolute Gasteiger partial charge is 0.362 e. The number of piperidine rings is 1. The van der Waals surface area contributed by atoms with E-state index in [1.807, 2.05) is 33.8 Å². The quantitative estimate of drug-likeness (QED) is 0.330. The molecule has 0 spiro atoms. The molecule has 4 unspecified atom stereocenters. The highest BCUT2D eigenvalue weighted by Crippen LogP contribution is 2.62. The molecule has 4 amide bonds. The summed E-state index contributed by atoms with van der Waals surface area (Å²) < 4.78 is 32.1. The summed E-state index contributed by atoms with van der Waals surface area (Å²) >= 11 is 0. The highest BCUT2D eigenvalue weighted by atomic mass is 19.4. The second-order valence-electron chi connectivity index (χ2n) is 11.7. The molecule has 0 aromatic carbocycles. The lowest BCUT2D eigenvalue weighted by molar-refractivity contribution is -0.169. The summed E-state index contributed by atoms with van der Waals surface area (Å²) in [5.74, 6) is -0.532. The molecule has 0 aromatic rings. The number of nitrogens with two attached hydrogens (primary N) is 1. The van der Waals surface area contributed by atoms with Gasteiger partial charge in [0.1, 0.15) is 6.04 Å². The van der Waals surface area contributed by atoms with E-state index in [2.05, 4.69) is 42.0 Å². The van der Waals surface area contributed by atoms with Gasteiger partial charge < -0.3 is 21.3 Å². The Kier molecular flexibility index (Phi) is 12.2. The average molecular weight is 572 g/mol. The molecule has 12 heteroatoms. The number of halogens is 3. The Labute approximate surface area is 235 Å². The van der Waals surface area contributed by atoms with Crippen molar-refractivity contribution in [1.29, 1.82) is 5.26 Å². The number of hydrogen-bond donors (Lipinski definition) is 3. The number of hydrogen-bond acceptors (Lipinski definition) is 5. The van der Waals surface area contributed by atoms with Crippen molar-refractivity contribution in [3.63, 3.8) is 0 Å². The van der Waals surface area contributed by atoms with Gasteiger partial charge in [-0.1, -0.05) is 38.8 Å². The minimum absolute atomic E-state index is 0.0343. The Morgan fingerprint density at radius 2 is 1.73 bits per heavy atom. The number of primary amides is 1. The highest BCUT2D eigenvalue weighted by Gasteiger charge is 2.62. The minimum atomic E-state index is -4.86. The van der Waals surface area contributed by atoms with E-state index in [1.54, 1.807) is 0 Å². The maximum absolute atomic E-state index is 12.1. The fourth-order valence-corrected chi connectivity index (χ4v) is 5.33. The third kappa shape index (κ3) is 9.52. The first-order valence-corrected chi connectivity index (χ1v) is 13.7. The van der Waals surface area contributed by atoms with Gasteiger partial charge in [0, 0.05) is 31.0 Å². The van der Waals surface area contributed by atoms with Crippen LogP contribution in [0.1, 0.15) is 80.6 Å². The van der Waals surface area contributed by atoms with E-state index in [4.69, 9.17) is 10.1 Å². The number of likely N-dealkylation sites (tertiary alicyclic amines) is 1. The molecule has 0 aromatic heterocycles. The summed E-state index contributed by atoms with van der Waals surface area (Å²) in [5, 5.41) is 14.0. The molecule has 4 rings (SSSR count). The van der Waals surface area contributed by atoms with Crippen LogP contribution in [0.15, 0.2) is 11.1 Å². The van der Waals surface area contributed by atoms with Crippen molar-refractivity contribution in [2.45, 2.75) is 98.3 Å². The van der Waals surface area contributed by atoms with Gasteiger partial charge in [0.25, 0.3) is 0 Å². The topological polar surface area (TPSA) is 145 Å². The van der Waals surface area contributed by atoms with Crippen molar-refractivity contribution in [3.8, 4) is 6.07 Å². The lowest BCUT2D eigenvalue weighted by Crippen LogP contribution is -2.35. The number of nitrogens with one attached hydrogen (secondary N) is 2. The summed E-state index contributed by atoms with van der Waals surface area (Å²) in [6.45, 7) is 16.8. The largest absolute Gasteiger partial charge is 0.470 e. The summed E-state index contributed by atoms with van der Waals surface area (Å²) in [6.07, 6.45) is -0.225. The van der Waals surface area contributed by atoms with Crippen molar-refractivity contribution in [2.24, 2.45) is 28.9 Å². The van der Waals surface area contributed by atoms with Crippen molar-refractivity contribution in [3.05, 3.63) is 11.1 Å². The van der Waals surface area contributed by atoms with E-state index < -0.39 is 18.1 Å². The normalized spacial score (nSPS) is 25.5. The third-order valence-corrected chi connectivity index (χ3v) is 8.06. The van der Waals surface area contributed by atoms with Crippen LogP contribution < -0.4 is 16.4 Å². The summed E-state index contributed by atoms with van der Waals surface area (Å²) in [5.41, 5.74) is 6.98. The zero-order valence-electron chi connectivity index (χ0n) is 24.6. The van der Waals surface area contributed by atoms with Crippen LogP contribution in [0.5, 0.6) is 0 Å². The van der Waals surface area contributed by atoms with E-state index in [0.29, 0.717) is 37.0 Å². The van der Waals surface area contributed by atoms with Crippen LogP contribution in [0.3, 0.4) is 0 Å². The van der Waals surface area contributed by atoms with E-state index in [1.165, 1.54) is 17.6 Å². The third-order valence-electron chi connectivity index (χ3n) is 8.06. The highest BCUT2D eigenvalue weighted by molar-refractivity contribution is 5.82. The number of fused-ring (bicyclic) bond motifs is 1. The van der Waals surface area contributed by atoms with Gasteiger partial charge in [0.15, 0.2) is 0 Å². The maximum atomic E-state index is 12.1. The van der Waals surface area contributed by atoms with Gasteiger partial charge in [-0.25, -0.2) is 0 Å². The number of alkyl halides is 3. The molecular weight excluding hydrogens is 527 g/mol. The Balaban J connectivity index is 0.000000312. The molecule has 226 valence electrons. The number of allylic oxidation sites excluding steroid dienone is 1. The van der Waals surface area contributed by atoms with Crippen LogP contribution in [0.2, 0.25) is 0 Å². The predicted octanol–water partition coefficient (Wildman–Crippen LogP) is 3.59. The van der Waals surface area contributed by atoms with E-state index in [-0.39, 0.29) is 17.4 Å². The Morgan fingerprint density at radius 1 is 1.20 bits per heavy atom. The van der Waals surface area contributed by atoms with E-state index in [9.17, 15) is 27.6 Å². The Hall–Kier alpha value is -3.10. The minimum Gasteiger partial charge on any atom is -0.362 e. The van der Waals surface area contributed by atoms with Gasteiger partial charge in [-0.05, 0) is 63.7 Å². The average Bonchev–Trinajstić information content (AvgIpc) is 3.18. The molecular formula is C28H44F3N5O4. The fourth-order valence-electron chi connectivity index (χ4n) is 5.33. The molecule has 2 aliphatic carbocycles. The molecule has 2 saturated heterocycles. The summed E-state index contributed by atoms with van der Waals surface area (Å²) in [6, 6.07) is 1.38. The molecule has 4 aliphatic rings. The van der Waals surface area contributed by atoms with Crippen molar-refractivity contribution >= 4 is 24.1 Å². The van der Waals surface area contributed by atoms with Gasteiger partial charge in [0.2, 0.25) is 18.2 Å². The molecule has 1 saturated carbocycles. The molecule has 4 N–H and O–H groups in total. The lowest BCUT2D eigenvalue weighted by atomic mass is 9.87. The summed E-state index contributed by atoms with van der Waals surface area (Å²) in [7, 11) is 0. The molecule has 0 bridgehead atoms. The number of amides is 4. The van der Waals surface area contributed by atoms with Crippen LogP contribution >= 0.6 is 0 Å². The van der Waals surface area contributed by atoms with Gasteiger partial charge in [0.05, 0.1) is 6.07 Å². The van der Waals surface area contributed by atoms with Crippen molar-refractivity contribution < 1.29 is 32.3 Å². The number of carbonyl (C=O) groups excluding carboxylic acids is 4. The number of rotatable bonds is 6. The predicted molar refractivity (Wildman–Crippen MR) is 144 cm³/mol. The molecule has 2 heterocycles. The number of nitriles is 1. The van der Waals surface area contributed by atoms with Gasteiger partial charge in [-0.2, -0.15) is 18.4 Å². The fraction of sp³-hybridized carbons (Fsp3) is 0.750. The van der Waals surface area contributed by atoms with Gasteiger partial charge in [-0.15, -0.1) is 0 Å². The van der Waals surface area contributed by atoms with Crippen LogP contribution in [0.4, 0.5) is 13.2 Å². The SMILES string of the molecule is CC.CC1(C)CC(CC(C#N)NC=O)C(=O)N1.CC1=C(CC(=O)N2CC3C(C2)C3(C)C)CC1.NC(=O)C(F)(F)F. The first-order chi connectivity index (χ1) is 18.4. The first-order valence-electron chi connectivity index (χ1n) is 13.7. The zero-order valence-corrected chi connectivity index (χ0v) is 24.6. The van der Waals surface area contributed by atoms with Gasteiger partial charge in [-0.3, -0.25) is 19.2 Å². The molecule has 9 nitrogen and oxygen atoms in total. The van der Waals surface area contributed by atoms with E-state index >= 15 is 0 Å². The maximum Gasteiger partial charge on any atom is 0.470 e. The second-order valence-corrected chi connectivity index (χ2v) is 11.7. The van der Waals surface area contributed by atoms with Crippen molar-refractivity contribution in [2.75, 3.05) is 13.1 Å². The van der Waals surface area contributed by atoms with Crippen LogP contribution in [0.25, 0.3) is 0 Å². The number of carbonyl (C=O) groups is 4. The lowest BCUT2D eigenvalue weighted by Gasteiger charge is -2.26. The molecule has 3 fully saturated rings. The monoisotopic (exact) mass is 571 g/mol. The van der Waals surface area contributed by atoms with Crippen LogP contribution in [0, 0.1) is 34.5 Å². The van der Waals surface area contributed by atoms with Crippen molar-refractivity contribution in [1.82, 2.24) is 15.5 Å². The van der Waals surface area contributed by atoms with Crippen LogP contribution in [-0.2, 0) is 19.2 Å². The Bertz CT molecular complexity index is 1000. The second kappa shape index (κ2) is 14.0. The number of nitrogens with zero attached hydrogens (tertiary/aromatic N) is 2. The Morgan fingerprint density at radius 3 is 2.05 bits per heavy atom. The molecule has 0 radical (unpaired) electrons. The standard InChI is InChI=1S/C14H21NO.C10H15N3O2.C2H2F3NO.C2H6/c1-9-4-5-10(9)6-13(16)15-7-11-12(8-15)14(11,2)3;1-10(2)4-7(9(15)13-10)3-8(5-11)12-6-14;3-2(4,5)1(6)7;1-2/h11-12H,4-8H2,1-3H3;6-8H,3-4H2,1-2H3,(H,12,14)(H,13,15);(H2,6,7);1-2H3. The molecule has 2 aliphatic heterocycles. The molecule has 4 atom stereocenters. The first kappa shape index (κ1) is 34.9. The summed E-state index contributed by atoms with van der Waals surface area (Å²) in [4.78, 5) is 45.0. The van der Waals surface area contributed by atoms with Crippen LogP contribution in [-0.4, -0.2) is 59.9 Å². The van der Waals surface area contributed by atoms with E-state index in [0.717, 1.165) is 31.3 Å². The van der Waals surface area contributed by atoms with Gasteiger partial charge >= 0.3 is 12.1 Å². The zero-order chi connectivity index (χ0) is 31.1.